The van der Waals surface area contributed by atoms with Crippen LogP contribution in [-0.2, 0) is 4.79 Å². The van der Waals surface area contributed by atoms with Gasteiger partial charge in [-0.2, -0.15) is 5.53 Å². The molecule has 0 spiro atoms. The van der Waals surface area contributed by atoms with Gasteiger partial charge in [0.05, 0.1) is 0 Å². The predicted molar refractivity (Wildman–Crippen MR) is 87.6 cm³/mol. The zero-order valence-electron chi connectivity index (χ0n) is 13.5. The van der Waals surface area contributed by atoms with E-state index in [1.165, 1.54) is 70.6 Å². The maximum atomic E-state index is 10.3. The molecule has 0 aliphatic carbocycles. The molecule has 0 bridgehead atoms. The second-order valence-electron chi connectivity index (χ2n) is 5.81. The molecular formula is C16H35N3O2. The van der Waals surface area contributed by atoms with E-state index in [2.05, 4.69) is 11.0 Å². The highest BCUT2D eigenvalue weighted by Gasteiger charge is 1.97. The van der Waals surface area contributed by atoms with Crippen molar-refractivity contribution in [3.8, 4) is 0 Å². The van der Waals surface area contributed by atoms with Gasteiger partial charge in [0.2, 0.25) is 0 Å². The van der Waals surface area contributed by atoms with E-state index in [4.69, 9.17) is 10.9 Å². The van der Waals surface area contributed by atoms with Gasteiger partial charge >= 0.3 is 5.97 Å². The van der Waals surface area contributed by atoms with E-state index in [0.29, 0.717) is 6.42 Å². The van der Waals surface area contributed by atoms with Gasteiger partial charge in [-0.15, -0.1) is 0 Å². The summed E-state index contributed by atoms with van der Waals surface area (Å²) in [4.78, 5) is 10.3. The topological polar surface area (TPSA) is 87.4 Å². The molecule has 0 radical (unpaired) electrons. The van der Waals surface area contributed by atoms with Crippen molar-refractivity contribution in [1.29, 1.82) is 0 Å². The fourth-order valence-electron chi connectivity index (χ4n) is 2.51. The highest BCUT2D eigenvalue weighted by Crippen LogP contribution is 2.12. The maximum absolute atomic E-state index is 10.3. The van der Waals surface area contributed by atoms with E-state index in [-0.39, 0.29) is 0 Å². The van der Waals surface area contributed by atoms with E-state index in [1.54, 1.807) is 0 Å². The monoisotopic (exact) mass is 301 g/mol. The third kappa shape index (κ3) is 19.4. The lowest BCUT2D eigenvalue weighted by Gasteiger charge is -2.04. The van der Waals surface area contributed by atoms with Crippen LogP contribution < -0.4 is 16.8 Å². The molecule has 0 atom stereocenters. The minimum absolute atomic E-state index is 0.332. The zero-order chi connectivity index (χ0) is 15.6. The Labute approximate surface area is 130 Å². The average Bonchev–Trinajstić information content (AvgIpc) is 2.46. The lowest BCUT2D eigenvalue weighted by molar-refractivity contribution is -0.137. The number of rotatable bonds is 17. The van der Waals surface area contributed by atoms with Crippen molar-refractivity contribution in [2.45, 2.75) is 89.9 Å². The molecule has 126 valence electrons. The molecule has 0 amide bonds. The van der Waals surface area contributed by atoms with Crippen LogP contribution in [0.5, 0.6) is 0 Å². The van der Waals surface area contributed by atoms with Crippen LogP contribution in [0.4, 0.5) is 0 Å². The molecule has 0 rings (SSSR count). The Morgan fingerprint density at radius 3 is 1.48 bits per heavy atom. The summed E-state index contributed by atoms with van der Waals surface area (Å²) in [6.45, 7) is 0.947. The Kier molecular flexibility index (Phi) is 16.9. The first-order chi connectivity index (χ1) is 10.3. The largest absolute Gasteiger partial charge is 0.481 e. The van der Waals surface area contributed by atoms with Gasteiger partial charge in [-0.1, -0.05) is 70.6 Å². The zero-order valence-corrected chi connectivity index (χ0v) is 13.5. The Balaban J connectivity index is 2.95. The maximum Gasteiger partial charge on any atom is 0.303 e. The van der Waals surface area contributed by atoms with Gasteiger partial charge in [-0.25, -0.2) is 5.43 Å². The molecule has 21 heavy (non-hydrogen) atoms. The molecule has 0 aromatic rings. The number of hydrogen-bond acceptors (Lipinski definition) is 4. The van der Waals surface area contributed by atoms with Crippen molar-refractivity contribution < 1.29 is 9.90 Å². The molecule has 5 nitrogen and oxygen atoms in total. The van der Waals surface area contributed by atoms with E-state index < -0.39 is 5.97 Å². The summed E-state index contributed by atoms with van der Waals surface area (Å²) in [5, 5.41) is 8.52. The number of nitrogens with two attached hydrogens (primary N) is 1. The minimum atomic E-state index is -0.665. The van der Waals surface area contributed by atoms with Crippen LogP contribution in [0.3, 0.4) is 0 Å². The standard InChI is InChI=1S/C16H35N3O2/c17-19-18-15-13-11-9-7-5-3-1-2-4-6-8-10-12-14-16(20)21/h18-19H,1-15,17H2,(H,20,21). The Bertz CT molecular complexity index is 226. The number of carboxylic acids is 1. The van der Waals surface area contributed by atoms with Gasteiger partial charge in [0.1, 0.15) is 0 Å². The first-order valence-corrected chi connectivity index (χ1v) is 8.67. The van der Waals surface area contributed by atoms with Gasteiger partial charge in [-0.3, -0.25) is 10.6 Å². The van der Waals surface area contributed by atoms with E-state index >= 15 is 0 Å². The normalized spacial score (nSPS) is 10.9. The second-order valence-corrected chi connectivity index (χ2v) is 5.81. The quantitative estimate of drug-likeness (QED) is 0.188. The minimum Gasteiger partial charge on any atom is -0.481 e. The summed E-state index contributed by atoms with van der Waals surface area (Å²) in [6, 6.07) is 0. The lowest BCUT2D eigenvalue weighted by atomic mass is 10.0. The molecule has 0 aromatic heterocycles. The Morgan fingerprint density at radius 1 is 0.714 bits per heavy atom. The van der Waals surface area contributed by atoms with E-state index in [0.717, 1.165) is 19.4 Å². The van der Waals surface area contributed by atoms with E-state index in [9.17, 15) is 4.79 Å². The van der Waals surface area contributed by atoms with Crippen molar-refractivity contribution in [3.05, 3.63) is 0 Å². The highest BCUT2D eigenvalue weighted by molar-refractivity contribution is 5.66. The average molecular weight is 301 g/mol. The summed E-state index contributed by atoms with van der Waals surface area (Å²) in [5.41, 5.74) is 5.34. The summed E-state index contributed by atoms with van der Waals surface area (Å²) in [5.74, 6) is 4.45. The Hall–Kier alpha value is -0.650. The number of carbonyl (C=O) groups is 1. The first kappa shape index (κ1) is 20.3. The second kappa shape index (κ2) is 17.4. The number of hydrazine groups is 2. The summed E-state index contributed by atoms with van der Waals surface area (Å²) >= 11 is 0. The third-order valence-electron chi connectivity index (χ3n) is 3.79. The van der Waals surface area contributed by atoms with Crippen LogP contribution in [-0.4, -0.2) is 17.6 Å². The number of carboxylic acid groups (broad SMARTS) is 1. The van der Waals surface area contributed by atoms with Gasteiger partial charge in [-0.05, 0) is 12.8 Å². The molecular weight excluding hydrogens is 266 g/mol. The van der Waals surface area contributed by atoms with Crippen LogP contribution >= 0.6 is 0 Å². The van der Waals surface area contributed by atoms with Crippen molar-refractivity contribution in [2.75, 3.05) is 6.54 Å². The molecule has 0 saturated heterocycles. The molecule has 0 fully saturated rings. The van der Waals surface area contributed by atoms with Gasteiger partial charge in [0.15, 0.2) is 0 Å². The molecule has 5 heteroatoms. The first-order valence-electron chi connectivity index (χ1n) is 8.67. The van der Waals surface area contributed by atoms with Gasteiger partial charge < -0.3 is 5.11 Å². The van der Waals surface area contributed by atoms with E-state index in [1.807, 2.05) is 0 Å². The molecule has 0 unspecified atom stereocenters. The lowest BCUT2D eigenvalue weighted by Crippen LogP contribution is -2.38. The number of hydrogen-bond donors (Lipinski definition) is 4. The smallest absolute Gasteiger partial charge is 0.303 e. The van der Waals surface area contributed by atoms with Crippen LogP contribution in [0.15, 0.2) is 0 Å². The van der Waals surface area contributed by atoms with Crippen molar-refractivity contribution >= 4 is 5.97 Å². The highest BCUT2D eigenvalue weighted by atomic mass is 16.4. The van der Waals surface area contributed by atoms with Gasteiger partial charge in [0, 0.05) is 13.0 Å². The molecule has 0 saturated carbocycles. The van der Waals surface area contributed by atoms with Crippen LogP contribution in [0.2, 0.25) is 0 Å². The fraction of sp³-hybridized carbons (Fsp3) is 0.938. The molecule has 5 N–H and O–H groups in total. The molecule has 0 aromatic carbocycles. The molecule has 0 heterocycles. The number of aliphatic carboxylic acids is 1. The third-order valence-corrected chi connectivity index (χ3v) is 3.79. The Morgan fingerprint density at radius 2 is 1.10 bits per heavy atom. The SMILES string of the molecule is NNNCCCCCCCCCCCCCCCC(=O)O. The molecule has 0 aliphatic heterocycles. The summed E-state index contributed by atoms with van der Waals surface area (Å²) in [7, 11) is 0. The fourth-order valence-corrected chi connectivity index (χ4v) is 2.51. The number of unbranched alkanes of at least 4 members (excludes halogenated alkanes) is 12. The molecule has 0 aliphatic rings. The van der Waals surface area contributed by atoms with Crippen molar-refractivity contribution in [1.82, 2.24) is 11.0 Å². The summed E-state index contributed by atoms with van der Waals surface area (Å²) in [6.07, 6.45) is 16.6. The van der Waals surface area contributed by atoms with Crippen LogP contribution in [0, 0.1) is 0 Å². The van der Waals surface area contributed by atoms with Crippen molar-refractivity contribution in [3.63, 3.8) is 0 Å². The predicted octanol–water partition coefficient (Wildman–Crippen LogP) is 3.50. The van der Waals surface area contributed by atoms with Crippen molar-refractivity contribution in [2.24, 2.45) is 5.84 Å². The van der Waals surface area contributed by atoms with Gasteiger partial charge in [0.25, 0.3) is 0 Å². The van der Waals surface area contributed by atoms with Crippen LogP contribution in [0.1, 0.15) is 89.9 Å². The summed E-state index contributed by atoms with van der Waals surface area (Å²) < 4.78 is 0. The van der Waals surface area contributed by atoms with Crippen LogP contribution in [0.25, 0.3) is 0 Å². The number of nitrogens with one attached hydrogen (secondary N) is 2.